The highest BCUT2D eigenvalue weighted by Gasteiger charge is 2.35. The summed E-state index contributed by atoms with van der Waals surface area (Å²) in [5, 5.41) is 15.3. The molecule has 3 N–H and O–H groups in total. The van der Waals surface area contributed by atoms with Crippen LogP contribution >= 0.6 is 12.0 Å². The average Bonchev–Trinajstić information content (AvgIpc) is 3.68. The molecule has 1 aromatic heterocycles. The maximum atomic E-state index is 13.7. The highest BCUT2D eigenvalue weighted by Crippen LogP contribution is 2.42. The van der Waals surface area contributed by atoms with E-state index in [2.05, 4.69) is 15.6 Å². The van der Waals surface area contributed by atoms with Gasteiger partial charge >= 0.3 is 0 Å². The first-order valence-corrected chi connectivity index (χ1v) is 14.1. The summed E-state index contributed by atoms with van der Waals surface area (Å²) in [5.74, 6) is -0.250. The average molecular weight is 608 g/mol. The lowest BCUT2D eigenvalue weighted by atomic mass is 9.97. The molecule has 224 valence electrons. The normalized spacial score (nSPS) is 14.4. The highest BCUT2D eigenvalue weighted by atomic mass is 32.2. The van der Waals surface area contributed by atoms with Gasteiger partial charge in [-0.05, 0) is 61.9 Å². The van der Waals surface area contributed by atoms with E-state index in [1.165, 1.54) is 44.8 Å². The number of amides is 2. The third-order valence-electron chi connectivity index (χ3n) is 6.89. The fourth-order valence-corrected chi connectivity index (χ4v) is 5.35. The number of halogens is 1. The molecule has 1 aliphatic rings. The van der Waals surface area contributed by atoms with Crippen LogP contribution in [0.3, 0.4) is 0 Å². The molecule has 1 unspecified atom stereocenters. The van der Waals surface area contributed by atoms with Crippen LogP contribution in [0.15, 0.2) is 64.0 Å². The lowest BCUT2D eigenvalue weighted by molar-refractivity contribution is 0.0908. The van der Waals surface area contributed by atoms with Gasteiger partial charge in [0.05, 0.1) is 42.4 Å². The van der Waals surface area contributed by atoms with Crippen LogP contribution in [0.4, 0.5) is 4.39 Å². The van der Waals surface area contributed by atoms with Gasteiger partial charge in [-0.15, -0.1) is 0 Å². The Morgan fingerprint density at radius 3 is 2.47 bits per heavy atom. The van der Waals surface area contributed by atoms with Gasteiger partial charge in [-0.2, -0.15) is 0 Å². The molecule has 5 rings (SSSR count). The van der Waals surface area contributed by atoms with Gasteiger partial charge in [0.25, 0.3) is 11.8 Å². The van der Waals surface area contributed by atoms with E-state index in [0.717, 1.165) is 12.0 Å². The number of hydrogen-bond acceptors (Lipinski definition) is 9. The van der Waals surface area contributed by atoms with Gasteiger partial charge in [0.15, 0.2) is 11.8 Å². The number of hydrogen-bond donors (Lipinski definition) is 3. The first-order chi connectivity index (χ1) is 20.7. The molecule has 10 nitrogen and oxygen atoms in total. The van der Waals surface area contributed by atoms with Gasteiger partial charge in [0.1, 0.15) is 35.3 Å². The summed E-state index contributed by atoms with van der Waals surface area (Å²) >= 11 is 1.15. The number of carbonyl (C=O) groups is 2. The Hall–Kier alpha value is -4.55. The van der Waals surface area contributed by atoms with Crippen molar-refractivity contribution in [1.82, 2.24) is 10.6 Å². The fraction of sp³-hybridized carbons (Fsp3) is 0.258. The van der Waals surface area contributed by atoms with Crippen molar-refractivity contribution in [2.75, 3.05) is 27.4 Å². The Bertz CT molecular complexity index is 1700. The zero-order valence-electron chi connectivity index (χ0n) is 23.9. The number of carbonyl (C=O) groups excluding carboxylic acids is 2. The summed E-state index contributed by atoms with van der Waals surface area (Å²) in [6.45, 7) is 3.44. The number of rotatable bonds is 10. The van der Waals surface area contributed by atoms with E-state index < -0.39 is 23.2 Å². The van der Waals surface area contributed by atoms with Gasteiger partial charge in [-0.1, -0.05) is 6.07 Å². The third kappa shape index (κ3) is 6.02. The molecular weight excluding hydrogens is 577 g/mol. The topological polar surface area (TPSA) is 132 Å². The number of ether oxygens (including phenoxy) is 2. The molecule has 1 atom stereocenters. The lowest BCUT2D eigenvalue weighted by Gasteiger charge is -2.29. The molecule has 1 aliphatic heterocycles. The third-order valence-corrected chi connectivity index (χ3v) is 7.98. The molecule has 0 saturated heterocycles. The van der Waals surface area contributed by atoms with Crippen molar-refractivity contribution in [3.05, 3.63) is 71.5 Å². The van der Waals surface area contributed by atoms with Crippen molar-refractivity contribution < 1.29 is 37.2 Å². The van der Waals surface area contributed by atoms with E-state index in [4.69, 9.17) is 18.1 Å². The Morgan fingerprint density at radius 2 is 1.81 bits per heavy atom. The van der Waals surface area contributed by atoms with Gasteiger partial charge < -0.3 is 33.8 Å². The minimum absolute atomic E-state index is 0.00826. The van der Waals surface area contributed by atoms with Crippen molar-refractivity contribution in [2.45, 2.75) is 24.8 Å². The summed E-state index contributed by atoms with van der Waals surface area (Å²) in [4.78, 5) is 30.9. The van der Waals surface area contributed by atoms with Crippen LogP contribution in [0.25, 0.3) is 33.4 Å². The van der Waals surface area contributed by atoms with Gasteiger partial charge in [-0.3, -0.25) is 9.59 Å². The quantitative estimate of drug-likeness (QED) is 0.210. The summed E-state index contributed by atoms with van der Waals surface area (Å²) in [6, 6.07) is 14.1. The van der Waals surface area contributed by atoms with Gasteiger partial charge in [0, 0.05) is 29.6 Å². The fourth-order valence-electron chi connectivity index (χ4n) is 4.74. The molecule has 0 saturated carbocycles. The Kier molecular flexibility index (Phi) is 8.60. The van der Waals surface area contributed by atoms with Crippen LogP contribution in [-0.4, -0.2) is 61.6 Å². The van der Waals surface area contributed by atoms with Crippen LogP contribution in [0.2, 0.25) is 0 Å². The van der Waals surface area contributed by atoms with Gasteiger partial charge in [0.2, 0.25) is 0 Å². The molecule has 2 heterocycles. The number of aliphatic hydroxyl groups excluding tert-OH is 1. The monoisotopic (exact) mass is 607 g/mol. The Labute approximate surface area is 251 Å². The first kappa shape index (κ1) is 29.9. The molecular formula is C31H30FN3O7S. The Balaban J connectivity index is 1.65. The second kappa shape index (κ2) is 12.4. The maximum absolute atomic E-state index is 13.7. The summed E-state index contributed by atoms with van der Waals surface area (Å²) in [6.07, 6.45) is 1.35. The van der Waals surface area contributed by atoms with Crippen molar-refractivity contribution in [3.63, 3.8) is 0 Å². The van der Waals surface area contributed by atoms with Crippen LogP contribution in [0.1, 0.15) is 34.6 Å². The lowest BCUT2D eigenvalue weighted by Crippen LogP contribution is -2.49. The van der Waals surface area contributed by atoms with Crippen molar-refractivity contribution >= 4 is 41.2 Å². The number of methoxy groups -OCH3 is 1. The summed E-state index contributed by atoms with van der Waals surface area (Å²) in [5.41, 5.74) is 1.75. The summed E-state index contributed by atoms with van der Waals surface area (Å²) < 4.78 is 36.4. The molecule has 43 heavy (non-hydrogen) atoms. The molecule has 3 aromatic carbocycles. The van der Waals surface area contributed by atoms with Crippen LogP contribution < -0.4 is 20.1 Å². The van der Waals surface area contributed by atoms with E-state index in [1.54, 1.807) is 30.3 Å². The number of nitrogens with zero attached hydrogens (tertiary/aromatic N) is 1. The standard InChI is InChI=1S/C31H30FN3O7S/c1-31(2,30-34-16-41-43-30)35-28(37)22-13-18(7-10-23(22)39-4)20-14-21-25(15-24(20)40-12-11-36)42-27(26(21)29(38)33-3)17-5-8-19(32)9-6-17/h5-10,13-16,30,36H,11-12H2,1-4H3,(H,33,38)(H,35,37). The molecule has 0 aliphatic carbocycles. The zero-order valence-corrected chi connectivity index (χ0v) is 24.7. The maximum Gasteiger partial charge on any atom is 0.255 e. The second-order valence-corrected chi connectivity index (χ2v) is 11.0. The van der Waals surface area contributed by atoms with E-state index in [-0.39, 0.29) is 35.5 Å². The van der Waals surface area contributed by atoms with Crippen LogP contribution in [0, 0.1) is 5.82 Å². The number of aliphatic hydroxyl groups is 1. The zero-order chi connectivity index (χ0) is 30.7. The molecule has 4 aromatic rings. The minimum Gasteiger partial charge on any atom is -0.496 e. The second-order valence-electron chi connectivity index (χ2n) is 10.2. The van der Waals surface area contributed by atoms with Crippen LogP contribution in [0.5, 0.6) is 11.5 Å². The smallest absolute Gasteiger partial charge is 0.255 e. The van der Waals surface area contributed by atoms with E-state index >= 15 is 0 Å². The minimum atomic E-state index is -0.750. The SMILES string of the molecule is CNC(=O)c1c(-c2ccc(F)cc2)oc2cc(OCCO)c(-c3ccc(OC)c(C(=O)NC(C)(C)C4N=COS4)c3)cc12. The van der Waals surface area contributed by atoms with Gasteiger partial charge in [-0.25, -0.2) is 9.38 Å². The van der Waals surface area contributed by atoms with E-state index in [1.807, 2.05) is 13.8 Å². The predicted molar refractivity (Wildman–Crippen MR) is 162 cm³/mol. The first-order valence-electron chi connectivity index (χ1n) is 13.3. The van der Waals surface area contributed by atoms with Crippen LogP contribution in [-0.2, 0) is 4.18 Å². The molecule has 0 spiro atoms. The van der Waals surface area contributed by atoms with Crippen molar-refractivity contribution in [2.24, 2.45) is 4.99 Å². The largest absolute Gasteiger partial charge is 0.496 e. The molecule has 2 amide bonds. The highest BCUT2D eigenvalue weighted by molar-refractivity contribution is 7.96. The molecule has 0 radical (unpaired) electrons. The van der Waals surface area contributed by atoms with E-state index in [0.29, 0.717) is 39.2 Å². The molecule has 12 heteroatoms. The van der Waals surface area contributed by atoms with E-state index in [9.17, 15) is 19.1 Å². The van der Waals surface area contributed by atoms with Crippen molar-refractivity contribution in [1.29, 1.82) is 0 Å². The number of benzene rings is 3. The van der Waals surface area contributed by atoms with Crippen molar-refractivity contribution in [3.8, 4) is 33.9 Å². The number of fused-ring (bicyclic) bond motifs is 1. The number of nitrogens with one attached hydrogen (secondary N) is 2. The Morgan fingerprint density at radius 1 is 1.07 bits per heavy atom. The number of aliphatic imine (C=N–C) groups is 1. The molecule has 0 fully saturated rings. The predicted octanol–water partition coefficient (Wildman–Crippen LogP) is 5.19. The number of furan rings is 1. The molecule has 0 bridgehead atoms. The summed E-state index contributed by atoms with van der Waals surface area (Å²) in [7, 11) is 2.98.